The fraction of sp³-hybridized carbons (Fsp3) is 0.444. The highest BCUT2D eigenvalue weighted by atomic mass is 16.6. The Kier molecular flexibility index (Phi) is 9.78. The maximum atomic E-state index is 12.4. The van der Waals surface area contributed by atoms with Crippen LogP contribution in [0, 0.1) is 0 Å². The zero-order valence-electron chi connectivity index (χ0n) is 22.1. The number of nitrogens with two attached hydrogens (primary N) is 1. The van der Waals surface area contributed by atoms with Gasteiger partial charge in [0.05, 0.1) is 27.4 Å². The molecule has 2 aromatic rings. The number of amides is 2. The van der Waals surface area contributed by atoms with Crippen LogP contribution in [0.1, 0.15) is 49.8 Å². The van der Waals surface area contributed by atoms with Crippen molar-refractivity contribution in [3.8, 4) is 34.1 Å². The van der Waals surface area contributed by atoms with E-state index < -0.39 is 18.1 Å². The van der Waals surface area contributed by atoms with E-state index in [2.05, 4.69) is 10.6 Å². The summed E-state index contributed by atoms with van der Waals surface area (Å²) in [6.07, 6.45) is 2.04. The molecule has 2 aromatic carbocycles. The number of methoxy groups -OCH3 is 3. The Balaban J connectivity index is 1.87. The standard InChI is InChI=1S/C27H35N3O8/c1-15(31)30-21-11-8-16-13-22(35-2)24(36-3)25(37-4)23(16)18-10-9-17(14-19(18)21)38-27(34)29-12-6-5-7-20(28)26(32)33/h9-10,13-14,20-21H,5-8,11-12,28H2,1-4H3,(H,29,34)(H,30,31)(H,32,33). The molecule has 5 N–H and O–H groups in total. The number of benzene rings is 2. The molecular formula is C27H35N3O8. The van der Waals surface area contributed by atoms with E-state index in [0.717, 1.165) is 22.3 Å². The van der Waals surface area contributed by atoms with Crippen molar-refractivity contribution in [2.24, 2.45) is 5.73 Å². The summed E-state index contributed by atoms with van der Waals surface area (Å²) in [6, 6.07) is 5.92. The number of carbonyl (C=O) groups excluding carboxylic acids is 2. The number of aliphatic carboxylic acids is 1. The highest BCUT2D eigenvalue weighted by Gasteiger charge is 2.29. The Hall–Kier alpha value is -3.99. The van der Waals surface area contributed by atoms with Gasteiger partial charge in [-0.15, -0.1) is 0 Å². The number of ether oxygens (including phenoxy) is 4. The first-order valence-corrected chi connectivity index (χ1v) is 12.4. The average molecular weight is 530 g/mol. The number of carboxylic acids is 1. The number of hydrogen-bond acceptors (Lipinski definition) is 8. The van der Waals surface area contributed by atoms with Crippen molar-refractivity contribution in [3.63, 3.8) is 0 Å². The fourth-order valence-electron chi connectivity index (χ4n) is 4.62. The summed E-state index contributed by atoms with van der Waals surface area (Å²) in [5.74, 6) is 0.607. The monoisotopic (exact) mass is 529 g/mol. The molecule has 11 nitrogen and oxygen atoms in total. The molecule has 0 aliphatic heterocycles. The summed E-state index contributed by atoms with van der Waals surface area (Å²) >= 11 is 0. The largest absolute Gasteiger partial charge is 0.493 e. The molecule has 0 bridgehead atoms. The minimum absolute atomic E-state index is 0.180. The van der Waals surface area contributed by atoms with Gasteiger partial charge in [-0.1, -0.05) is 6.07 Å². The number of carboxylic acid groups (broad SMARTS) is 1. The number of carbonyl (C=O) groups is 3. The third-order valence-corrected chi connectivity index (χ3v) is 6.40. The zero-order chi connectivity index (χ0) is 27.8. The molecule has 1 aliphatic rings. The van der Waals surface area contributed by atoms with Gasteiger partial charge in [0.15, 0.2) is 11.5 Å². The summed E-state index contributed by atoms with van der Waals surface area (Å²) in [7, 11) is 4.67. The predicted octanol–water partition coefficient (Wildman–Crippen LogP) is 3.17. The molecule has 3 rings (SSSR count). The molecule has 1 aliphatic carbocycles. The molecule has 206 valence electrons. The SMILES string of the molecule is COc1cc2c(c(OC)c1OC)-c1ccc(OC(=O)NCCCCC(N)C(=O)O)cc1C(NC(C)=O)CC2. The smallest absolute Gasteiger partial charge is 0.412 e. The first-order chi connectivity index (χ1) is 18.2. The van der Waals surface area contributed by atoms with Gasteiger partial charge < -0.3 is 40.4 Å². The summed E-state index contributed by atoms with van der Waals surface area (Å²) in [6.45, 7) is 1.78. The molecule has 2 amide bonds. The van der Waals surface area contributed by atoms with Crippen molar-refractivity contribution in [2.45, 2.75) is 51.1 Å². The molecule has 0 aromatic heterocycles. The Morgan fingerprint density at radius 3 is 2.45 bits per heavy atom. The van der Waals surface area contributed by atoms with E-state index in [9.17, 15) is 14.4 Å². The van der Waals surface area contributed by atoms with Crippen molar-refractivity contribution in [2.75, 3.05) is 27.9 Å². The second kappa shape index (κ2) is 13.0. The van der Waals surface area contributed by atoms with Crippen LogP contribution >= 0.6 is 0 Å². The summed E-state index contributed by atoms with van der Waals surface area (Å²) in [4.78, 5) is 35.2. The average Bonchev–Trinajstić information content (AvgIpc) is 3.03. The molecule has 2 atom stereocenters. The molecule has 0 saturated carbocycles. The van der Waals surface area contributed by atoms with Gasteiger partial charge in [0, 0.05) is 19.0 Å². The van der Waals surface area contributed by atoms with Gasteiger partial charge in [0.2, 0.25) is 11.7 Å². The van der Waals surface area contributed by atoms with Crippen LogP contribution in [-0.2, 0) is 16.0 Å². The van der Waals surface area contributed by atoms with Crippen LogP contribution in [0.15, 0.2) is 24.3 Å². The van der Waals surface area contributed by atoms with E-state index in [1.807, 2.05) is 12.1 Å². The van der Waals surface area contributed by atoms with E-state index >= 15 is 0 Å². The second-order valence-corrected chi connectivity index (χ2v) is 8.98. The van der Waals surface area contributed by atoms with Gasteiger partial charge in [0.1, 0.15) is 11.8 Å². The molecule has 11 heteroatoms. The predicted molar refractivity (Wildman–Crippen MR) is 140 cm³/mol. The maximum Gasteiger partial charge on any atom is 0.412 e. The van der Waals surface area contributed by atoms with Crippen molar-refractivity contribution in [3.05, 3.63) is 35.4 Å². The molecule has 0 spiro atoms. The molecule has 38 heavy (non-hydrogen) atoms. The lowest BCUT2D eigenvalue weighted by atomic mass is 9.93. The number of fused-ring (bicyclic) bond motifs is 3. The van der Waals surface area contributed by atoms with Crippen LogP contribution in [0.2, 0.25) is 0 Å². The van der Waals surface area contributed by atoms with Crippen LogP contribution in [-0.4, -0.2) is 57.0 Å². The zero-order valence-corrected chi connectivity index (χ0v) is 22.1. The van der Waals surface area contributed by atoms with Crippen LogP contribution in [0.3, 0.4) is 0 Å². The second-order valence-electron chi connectivity index (χ2n) is 8.98. The number of hydrogen-bond donors (Lipinski definition) is 4. The topological polar surface area (TPSA) is 158 Å². The van der Waals surface area contributed by atoms with Gasteiger partial charge in [-0.3, -0.25) is 9.59 Å². The summed E-state index contributed by atoms with van der Waals surface area (Å²) in [5, 5.41) is 14.5. The Morgan fingerprint density at radius 1 is 1.08 bits per heavy atom. The van der Waals surface area contributed by atoms with Crippen molar-refractivity contribution < 1.29 is 38.4 Å². The first kappa shape index (κ1) is 28.6. The third kappa shape index (κ3) is 6.65. The maximum absolute atomic E-state index is 12.4. The minimum atomic E-state index is -1.05. The highest BCUT2D eigenvalue weighted by molar-refractivity contribution is 5.84. The number of aryl methyl sites for hydroxylation is 1. The number of nitrogens with one attached hydrogen (secondary N) is 2. The van der Waals surface area contributed by atoms with Gasteiger partial charge in [-0.2, -0.15) is 0 Å². The van der Waals surface area contributed by atoms with Gasteiger partial charge in [-0.05, 0) is 67.0 Å². The lowest BCUT2D eigenvalue weighted by molar-refractivity contribution is -0.138. The van der Waals surface area contributed by atoms with E-state index in [1.165, 1.54) is 6.92 Å². The van der Waals surface area contributed by atoms with Crippen LogP contribution in [0.4, 0.5) is 4.79 Å². The summed E-state index contributed by atoms with van der Waals surface area (Å²) in [5.41, 5.74) is 8.88. The Morgan fingerprint density at radius 2 is 1.82 bits per heavy atom. The Bertz CT molecular complexity index is 1180. The van der Waals surface area contributed by atoms with Crippen molar-refractivity contribution in [1.29, 1.82) is 0 Å². The molecule has 0 saturated heterocycles. The van der Waals surface area contributed by atoms with Gasteiger partial charge in [-0.25, -0.2) is 4.79 Å². The lowest BCUT2D eigenvalue weighted by Gasteiger charge is -2.21. The van der Waals surface area contributed by atoms with Crippen LogP contribution in [0.25, 0.3) is 11.1 Å². The lowest BCUT2D eigenvalue weighted by Crippen LogP contribution is -2.31. The van der Waals surface area contributed by atoms with E-state index in [-0.39, 0.29) is 11.9 Å². The van der Waals surface area contributed by atoms with E-state index in [0.29, 0.717) is 61.6 Å². The normalized spacial score (nSPS) is 14.7. The fourth-order valence-corrected chi connectivity index (χ4v) is 4.62. The van der Waals surface area contributed by atoms with Gasteiger partial charge in [0.25, 0.3) is 0 Å². The Labute approximate surface area is 221 Å². The quantitative estimate of drug-likeness (QED) is 0.321. The van der Waals surface area contributed by atoms with E-state index in [1.54, 1.807) is 33.5 Å². The van der Waals surface area contributed by atoms with E-state index in [4.69, 9.17) is 29.8 Å². The molecular weight excluding hydrogens is 494 g/mol. The molecule has 0 radical (unpaired) electrons. The van der Waals surface area contributed by atoms with Crippen LogP contribution < -0.4 is 35.3 Å². The van der Waals surface area contributed by atoms with Crippen molar-refractivity contribution >= 4 is 18.0 Å². The van der Waals surface area contributed by atoms with Crippen molar-refractivity contribution in [1.82, 2.24) is 10.6 Å². The highest BCUT2D eigenvalue weighted by Crippen LogP contribution is 2.50. The van der Waals surface area contributed by atoms with Crippen LogP contribution in [0.5, 0.6) is 23.0 Å². The molecule has 0 fully saturated rings. The minimum Gasteiger partial charge on any atom is -0.493 e. The third-order valence-electron chi connectivity index (χ3n) is 6.40. The van der Waals surface area contributed by atoms with Gasteiger partial charge >= 0.3 is 12.1 Å². The molecule has 0 heterocycles. The first-order valence-electron chi connectivity index (χ1n) is 12.4. The number of rotatable bonds is 11. The number of unbranched alkanes of at least 4 members (excludes halogenated alkanes) is 1. The molecule has 2 unspecified atom stereocenters. The summed E-state index contributed by atoms with van der Waals surface area (Å²) < 4.78 is 22.4.